The third-order valence-corrected chi connectivity index (χ3v) is 13.2. The zero-order chi connectivity index (χ0) is 40.5. The Labute approximate surface area is 325 Å². The van der Waals surface area contributed by atoms with E-state index in [0.29, 0.717) is 19.3 Å². The second-order valence-electron chi connectivity index (χ2n) is 17.5. The summed E-state index contributed by atoms with van der Waals surface area (Å²) >= 11 is 0. The molecule has 0 aromatic heterocycles. The van der Waals surface area contributed by atoms with Crippen molar-refractivity contribution in [3.8, 4) is 0 Å². The Morgan fingerprint density at radius 3 is 2.15 bits per heavy atom. The highest BCUT2D eigenvalue weighted by Crippen LogP contribution is 2.49. The van der Waals surface area contributed by atoms with Crippen molar-refractivity contribution in [3.63, 3.8) is 0 Å². The molecule has 3 heterocycles. The van der Waals surface area contributed by atoms with Crippen LogP contribution in [-0.4, -0.2) is 91.9 Å². The predicted octanol–water partition coefficient (Wildman–Crippen LogP) is 6.31. The van der Waals surface area contributed by atoms with E-state index < -0.39 is 72.1 Å². The van der Waals surface area contributed by atoms with E-state index >= 15 is 0 Å². The van der Waals surface area contributed by atoms with Crippen LogP contribution >= 0.6 is 0 Å². The zero-order valence-electron chi connectivity index (χ0n) is 34.7. The van der Waals surface area contributed by atoms with Gasteiger partial charge in [-0.1, -0.05) is 92.7 Å². The van der Waals surface area contributed by atoms with Crippen molar-refractivity contribution in [3.05, 3.63) is 36.5 Å². The molecule has 0 aromatic carbocycles. The van der Waals surface area contributed by atoms with Crippen molar-refractivity contribution in [1.29, 1.82) is 0 Å². The average Bonchev–Trinajstić information content (AvgIpc) is 3.14. The minimum Gasteiger partial charge on any atom is -0.458 e. The maximum absolute atomic E-state index is 13.5. The Hall–Kier alpha value is -1.92. The Morgan fingerprint density at radius 2 is 1.50 bits per heavy atom. The summed E-state index contributed by atoms with van der Waals surface area (Å²) in [6, 6.07) is 0. The predicted molar refractivity (Wildman–Crippen MR) is 210 cm³/mol. The van der Waals surface area contributed by atoms with E-state index in [2.05, 4.69) is 26.8 Å². The van der Waals surface area contributed by atoms with Gasteiger partial charge in [0.15, 0.2) is 5.79 Å². The number of Topliss-reactive ketones (excluding diaryl/α,β-unsaturated/α-hetero) is 1. The molecular weight excluding hydrogens is 688 g/mol. The highest BCUT2D eigenvalue weighted by Gasteiger charge is 2.56. The molecule has 54 heavy (non-hydrogen) atoms. The number of hydrogen-bond acceptors (Lipinski definition) is 10. The summed E-state index contributed by atoms with van der Waals surface area (Å²) in [5.74, 6) is -4.54. The quantitative estimate of drug-likeness (QED) is 0.206. The van der Waals surface area contributed by atoms with Crippen molar-refractivity contribution in [2.75, 3.05) is 0 Å². The number of allylic oxidation sites excluding steroid dienone is 4. The molecule has 18 unspecified atom stereocenters. The minimum absolute atomic E-state index is 0.130. The van der Waals surface area contributed by atoms with Gasteiger partial charge in [0.1, 0.15) is 11.9 Å². The van der Waals surface area contributed by atoms with Gasteiger partial charge in [0.2, 0.25) is 0 Å². The number of carbonyl (C=O) groups excluding carboxylic acids is 2. The van der Waals surface area contributed by atoms with Crippen LogP contribution in [0.2, 0.25) is 0 Å². The van der Waals surface area contributed by atoms with Gasteiger partial charge in [-0.05, 0) is 63.2 Å². The van der Waals surface area contributed by atoms with Crippen LogP contribution < -0.4 is 0 Å². The van der Waals surface area contributed by atoms with Crippen molar-refractivity contribution >= 4 is 11.8 Å². The second-order valence-corrected chi connectivity index (χ2v) is 17.5. The summed E-state index contributed by atoms with van der Waals surface area (Å²) in [5, 5.41) is 54.6. The third-order valence-electron chi connectivity index (χ3n) is 13.2. The van der Waals surface area contributed by atoms with Gasteiger partial charge in [0.05, 0.1) is 42.7 Å². The number of aliphatic hydroxyl groups excluding tert-OH is 5. The molecular formula is C44H74O10. The molecule has 0 radical (unpaired) electrons. The monoisotopic (exact) mass is 763 g/mol. The van der Waals surface area contributed by atoms with Gasteiger partial charge < -0.3 is 39.7 Å². The maximum Gasteiger partial charge on any atom is 0.330 e. The van der Waals surface area contributed by atoms with Crippen LogP contribution in [0.5, 0.6) is 0 Å². The van der Waals surface area contributed by atoms with Crippen LogP contribution in [0.15, 0.2) is 36.5 Å². The summed E-state index contributed by atoms with van der Waals surface area (Å²) in [7, 11) is 0. The van der Waals surface area contributed by atoms with Crippen molar-refractivity contribution in [2.45, 2.75) is 175 Å². The lowest BCUT2D eigenvalue weighted by atomic mass is 9.74. The molecule has 0 aliphatic carbocycles. The molecule has 2 saturated heterocycles. The molecule has 1 spiro atoms. The molecule has 3 aliphatic heterocycles. The van der Waals surface area contributed by atoms with Crippen molar-refractivity contribution < 1.29 is 49.3 Å². The summed E-state index contributed by atoms with van der Waals surface area (Å²) in [4.78, 5) is 26.6. The topological polar surface area (TPSA) is 163 Å². The van der Waals surface area contributed by atoms with Crippen LogP contribution in [0.3, 0.4) is 0 Å². The lowest BCUT2D eigenvalue weighted by molar-refractivity contribution is -0.371. The fourth-order valence-corrected chi connectivity index (χ4v) is 8.72. The van der Waals surface area contributed by atoms with E-state index in [1.54, 1.807) is 40.7 Å². The van der Waals surface area contributed by atoms with Gasteiger partial charge in [-0.3, -0.25) is 4.79 Å². The van der Waals surface area contributed by atoms with Crippen LogP contribution in [0.1, 0.15) is 121 Å². The van der Waals surface area contributed by atoms with E-state index in [1.807, 2.05) is 32.1 Å². The number of carbonyl (C=O) groups is 2. The largest absolute Gasteiger partial charge is 0.458 e. The molecule has 0 aromatic rings. The summed E-state index contributed by atoms with van der Waals surface area (Å²) in [6.07, 6.45) is 10.2. The minimum atomic E-state index is -1.17. The Morgan fingerprint density at radius 1 is 0.815 bits per heavy atom. The SMILES string of the molecule is CCC1/C=C\C=C\CC(C)C(O)C(C)C(=O)CC(O)C(C)C(O)C(C)C(O)C(C)/C=C/C(=O)OC2C(C)C(CC1)OC1(CCC(C)C(CC(C)O)O1)C2C. The summed E-state index contributed by atoms with van der Waals surface area (Å²) in [5.41, 5.74) is 0. The maximum atomic E-state index is 13.5. The third kappa shape index (κ3) is 12.0. The average molecular weight is 763 g/mol. The molecule has 0 saturated carbocycles. The molecule has 2 bridgehead atoms. The van der Waals surface area contributed by atoms with E-state index in [-0.39, 0.29) is 54.0 Å². The van der Waals surface area contributed by atoms with Gasteiger partial charge in [0.25, 0.3) is 0 Å². The molecule has 10 nitrogen and oxygen atoms in total. The molecule has 310 valence electrons. The highest BCUT2D eigenvalue weighted by molar-refractivity contribution is 5.82. The standard InChI is InChI=1S/C44H74O10/c1-11-34-16-14-12-13-15-26(3)40(49)29(6)35(46)24-36(47)30(7)42(51)32(9)41(50)27(4)17-20-39(48)52-43-31(8)37(19-18-34)53-44(33(43)10)22-21-25(2)38(54-44)23-28(5)45/h12-14,16-17,20,25-34,36-38,40-43,45,47,49-51H,11,15,18-19,21-24H2,1-10H3/b13-12+,16-14-,20-17+. The first kappa shape index (κ1) is 46.5. The number of aliphatic hydroxyl groups is 5. The Bertz CT molecular complexity index is 1260. The number of hydrogen-bond donors (Lipinski definition) is 5. The summed E-state index contributed by atoms with van der Waals surface area (Å²) < 4.78 is 20.0. The van der Waals surface area contributed by atoms with Gasteiger partial charge in [-0.2, -0.15) is 0 Å². The molecule has 3 aliphatic rings. The van der Waals surface area contributed by atoms with Gasteiger partial charge in [-0.25, -0.2) is 4.79 Å². The van der Waals surface area contributed by atoms with Crippen molar-refractivity contribution in [2.24, 2.45) is 53.3 Å². The number of fused-ring (bicyclic) bond motifs is 2. The Balaban J connectivity index is 1.94. The zero-order valence-corrected chi connectivity index (χ0v) is 34.7. The van der Waals surface area contributed by atoms with Crippen molar-refractivity contribution in [1.82, 2.24) is 0 Å². The summed E-state index contributed by atoms with van der Waals surface area (Å²) in [6.45, 7) is 18.8. The Kier molecular flexibility index (Phi) is 18.1. The first-order valence-corrected chi connectivity index (χ1v) is 20.8. The van der Waals surface area contributed by atoms with E-state index in [4.69, 9.17) is 14.2 Å². The number of ketones is 1. The number of esters is 1. The van der Waals surface area contributed by atoms with Gasteiger partial charge >= 0.3 is 5.97 Å². The first-order chi connectivity index (χ1) is 25.3. The molecule has 3 rings (SSSR count). The fourth-order valence-electron chi connectivity index (χ4n) is 8.72. The smallest absolute Gasteiger partial charge is 0.330 e. The first-order valence-electron chi connectivity index (χ1n) is 20.8. The lowest BCUT2D eigenvalue weighted by Crippen LogP contribution is -2.62. The molecule has 5 N–H and O–H groups in total. The molecule has 10 heteroatoms. The molecule has 0 amide bonds. The fraction of sp³-hybridized carbons (Fsp3) is 0.818. The van der Waals surface area contributed by atoms with Crippen LogP contribution in [0.25, 0.3) is 0 Å². The number of ether oxygens (including phenoxy) is 3. The van der Waals surface area contributed by atoms with Gasteiger partial charge in [-0.15, -0.1) is 0 Å². The highest BCUT2D eigenvalue weighted by atomic mass is 16.7. The normalized spacial score (nSPS) is 46.6. The molecule has 2 fully saturated rings. The number of rotatable bonds is 3. The van der Waals surface area contributed by atoms with Crippen LogP contribution in [0, 0.1) is 53.3 Å². The second kappa shape index (κ2) is 21.0. The van der Waals surface area contributed by atoms with E-state index in [1.165, 1.54) is 6.08 Å². The van der Waals surface area contributed by atoms with E-state index in [0.717, 1.165) is 25.7 Å². The van der Waals surface area contributed by atoms with Crippen LogP contribution in [-0.2, 0) is 23.8 Å². The molecule has 18 atom stereocenters. The van der Waals surface area contributed by atoms with Crippen LogP contribution in [0.4, 0.5) is 0 Å². The van der Waals surface area contributed by atoms with Gasteiger partial charge in [0, 0.05) is 54.4 Å². The lowest BCUT2D eigenvalue weighted by Gasteiger charge is -2.55. The van der Waals surface area contributed by atoms with E-state index in [9.17, 15) is 35.1 Å².